The molecule has 1 saturated heterocycles. The number of hydrogen-bond acceptors (Lipinski definition) is 4. The molecule has 0 amide bonds. The molecule has 1 fully saturated rings. The van der Waals surface area contributed by atoms with Gasteiger partial charge < -0.3 is 15.0 Å². The summed E-state index contributed by atoms with van der Waals surface area (Å²) in [5.41, 5.74) is 2.64. The van der Waals surface area contributed by atoms with E-state index < -0.39 is 0 Å². The van der Waals surface area contributed by atoms with Crippen LogP contribution in [-0.2, 0) is 13.1 Å². The van der Waals surface area contributed by atoms with Gasteiger partial charge >= 0.3 is 0 Å². The second-order valence-corrected chi connectivity index (χ2v) is 5.90. The predicted molar refractivity (Wildman–Crippen MR) is 87.8 cm³/mol. The minimum absolute atomic E-state index is 0.938. The van der Waals surface area contributed by atoms with E-state index in [-0.39, 0.29) is 0 Å². The Morgan fingerprint density at radius 3 is 2.62 bits per heavy atom. The first-order valence-corrected chi connectivity index (χ1v) is 8.00. The van der Waals surface area contributed by atoms with E-state index >= 15 is 0 Å². The Morgan fingerprint density at radius 1 is 1.19 bits per heavy atom. The van der Waals surface area contributed by atoms with Gasteiger partial charge in [0, 0.05) is 44.8 Å². The molecule has 0 saturated carbocycles. The van der Waals surface area contributed by atoms with Gasteiger partial charge in [0.15, 0.2) is 0 Å². The first-order chi connectivity index (χ1) is 10.2. The average Bonchev–Trinajstić information content (AvgIpc) is 2.50. The largest absolute Gasteiger partial charge is 0.496 e. The molecular formula is C17H29N3O. The van der Waals surface area contributed by atoms with E-state index in [1.807, 2.05) is 0 Å². The summed E-state index contributed by atoms with van der Waals surface area (Å²) in [4.78, 5) is 4.90. The van der Waals surface area contributed by atoms with Gasteiger partial charge in [-0.25, -0.2) is 0 Å². The van der Waals surface area contributed by atoms with Gasteiger partial charge in [-0.15, -0.1) is 0 Å². The highest BCUT2D eigenvalue weighted by atomic mass is 16.5. The van der Waals surface area contributed by atoms with Crippen molar-refractivity contribution in [3.63, 3.8) is 0 Å². The van der Waals surface area contributed by atoms with Gasteiger partial charge in [0.1, 0.15) is 5.75 Å². The molecule has 0 radical (unpaired) electrons. The van der Waals surface area contributed by atoms with Crippen LogP contribution in [0.15, 0.2) is 18.2 Å². The molecule has 0 spiro atoms. The third-order valence-corrected chi connectivity index (χ3v) is 4.09. The molecule has 0 aromatic heterocycles. The fourth-order valence-electron chi connectivity index (χ4n) is 2.72. The minimum atomic E-state index is 0.938. The van der Waals surface area contributed by atoms with Crippen LogP contribution in [0.3, 0.4) is 0 Å². The number of nitrogens with zero attached hydrogens (tertiary/aromatic N) is 2. The van der Waals surface area contributed by atoms with E-state index in [9.17, 15) is 0 Å². The number of hydrogen-bond donors (Lipinski definition) is 1. The van der Waals surface area contributed by atoms with E-state index in [4.69, 9.17) is 4.74 Å². The third kappa shape index (κ3) is 4.99. The Kier molecular flexibility index (Phi) is 6.49. The van der Waals surface area contributed by atoms with Gasteiger partial charge in [-0.3, -0.25) is 4.90 Å². The van der Waals surface area contributed by atoms with Crippen LogP contribution in [0.1, 0.15) is 24.5 Å². The number of methoxy groups -OCH3 is 1. The Morgan fingerprint density at radius 2 is 1.95 bits per heavy atom. The summed E-state index contributed by atoms with van der Waals surface area (Å²) >= 11 is 0. The van der Waals surface area contributed by atoms with Crippen molar-refractivity contribution >= 4 is 0 Å². The fraction of sp³-hybridized carbons (Fsp3) is 0.647. The third-order valence-electron chi connectivity index (χ3n) is 4.09. The summed E-state index contributed by atoms with van der Waals surface area (Å²) < 4.78 is 5.53. The number of nitrogens with one attached hydrogen (secondary N) is 1. The topological polar surface area (TPSA) is 27.7 Å². The van der Waals surface area contributed by atoms with Crippen LogP contribution in [0.4, 0.5) is 0 Å². The van der Waals surface area contributed by atoms with Crippen LogP contribution in [0.25, 0.3) is 0 Å². The van der Waals surface area contributed by atoms with E-state index in [0.29, 0.717) is 0 Å². The number of benzene rings is 1. The number of ether oxygens (including phenoxy) is 1. The Balaban J connectivity index is 1.99. The average molecular weight is 291 g/mol. The van der Waals surface area contributed by atoms with Crippen LogP contribution in [0.2, 0.25) is 0 Å². The van der Waals surface area contributed by atoms with Gasteiger partial charge in [-0.1, -0.05) is 13.0 Å². The maximum absolute atomic E-state index is 5.53. The molecule has 118 valence electrons. The zero-order valence-corrected chi connectivity index (χ0v) is 13.7. The molecule has 0 aliphatic carbocycles. The van der Waals surface area contributed by atoms with Crippen molar-refractivity contribution in [1.29, 1.82) is 0 Å². The molecule has 1 heterocycles. The maximum atomic E-state index is 5.53. The summed E-state index contributed by atoms with van der Waals surface area (Å²) in [7, 11) is 3.95. The monoisotopic (exact) mass is 291 g/mol. The highest BCUT2D eigenvalue weighted by molar-refractivity contribution is 5.37. The molecule has 0 unspecified atom stereocenters. The molecule has 21 heavy (non-hydrogen) atoms. The van der Waals surface area contributed by atoms with Crippen molar-refractivity contribution in [3.8, 4) is 5.75 Å². The van der Waals surface area contributed by atoms with Gasteiger partial charge in [-0.05, 0) is 37.7 Å². The summed E-state index contributed by atoms with van der Waals surface area (Å²) in [6.07, 6.45) is 1.17. The van der Waals surface area contributed by atoms with Crippen LogP contribution >= 0.6 is 0 Å². The first kappa shape index (κ1) is 16.3. The van der Waals surface area contributed by atoms with E-state index in [1.165, 1.54) is 17.5 Å². The van der Waals surface area contributed by atoms with E-state index in [0.717, 1.165) is 51.6 Å². The van der Waals surface area contributed by atoms with E-state index in [1.54, 1.807) is 7.11 Å². The summed E-state index contributed by atoms with van der Waals surface area (Å²) in [6, 6.07) is 6.56. The zero-order valence-electron chi connectivity index (χ0n) is 13.7. The van der Waals surface area contributed by atoms with Gasteiger partial charge in [0.25, 0.3) is 0 Å². The minimum Gasteiger partial charge on any atom is -0.496 e. The van der Waals surface area contributed by atoms with Crippen LogP contribution < -0.4 is 10.1 Å². The van der Waals surface area contributed by atoms with Gasteiger partial charge in [0.2, 0.25) is 0 Å². The standard InChI is InChI=1S/C17H29N3O/c1-4-7-18-13-15-5-6-17(21-3)16(12-15)14-20-10-8-19(2)9-11-20/h5-6,12,18H,4,7-11,13-14H2,1-3H3. The van der Waals surface area contributed by atoms with Crippen LogP contribution in [0, 0.1) is 0 Å². The molecular weight excluding hydrogens is 262 g/mol. The maximum Gasteiger partial charge on any atom is 0.123 e. The smallest absolute Gasteiger partial charge is 0.123 e. The SMILES string of the molecule is CCCNCc1ccc(OC)c(CN2CCN(C)CC2)c1. The molecule has 1 aromatic rings. The Hall–Kier alpha value is -1.10. The van der Waals surface area contributed by atoms with Crippen molar-refractivity contribution in [1.82, 2.24) is 15.1 Å². The number of rotatable bonds is 7. The van der Waals surface area contributed by atoms with E-state index in [2.05, 4.69) is 47.3 Å². The van der Waals surface area contributed by atoms with Gasteiger partial charge in [0.05, 0.1) is 7.11 Å². The van der Waals surface area contributed by atoms with Crippen molar-refractivity contribution in [2.75, 3.05) is 46.9 Å². The number of likely N-dealkylation sites (N-methyl/N-ethyl adjacent to an activating group) is 1. The lowest BCUT2D eigenvalue weighted by molar-refractivity contribution is 0.147. The second kappa shape index (κ2) is 8.37. The molecule has 1 aromatic carbocycles. The molecule has 1 N–H and O–H groups in total. The quantitative estimate of drug-likeness (QED) is 0.777. The van der Waals surface area contributed by atoms with Crippen LogP contribution in [0.5, 0.6) is 5.75 Å². The highest BCUT2D eigenvalue weighted by Gasteiger charge is 2.15. The lowest BCUT2D eigenvalue weighted by atomic mass is 10.1. The zero-order chi connectivity index (χ0) is 15.1. The molecule has 4 heteroatoms. The molecule has 4 nitrogen and oxygen atoms in total. The molecule has 0 atom stereocenters. The number of piperazine rings is 1. The van der Waals surface area contributed by atoms with Crippen molar-refractivity contribution in [2.45, 2.75) is 26.4 Å². The molecule has 2 rings (SSSR count). The second-order valence-electron chi connectivity index (χ2n) is 5.90. The fourth-order valence-corrected chi connectivity index (χ4v) is 2.72. The summed E-state index contributed by atoms with van der Waals surface area (Å²) in [5.74, 6) is 1.01. The Labute approximate surface area is 129 Å². The lowest BCUT2D eigenvalue weighted by Gasteiger charge is -2.32. The first-order valence-electron chi connectivity index (χ1n) is 8.00. The highest BCUT2D eigenvalue weighted by Crippen LogP contribution is 2.22. The normalized spacial score (nSPS) is 17.1. The van der Waals surface area contributed by atoms with Crippen molar-refractivity contribution in [2.24, 2.45) is 0 Å². The molecule has 0 bridgehead atoms. The van der Waals surface area contributed by atoms with Gasteiger partial charge in [-0.2, -0.15) is 0 Å². The lowest BCUT2D eigenvalue weighted by Crippen LogP contribution is -2.43. The predicted octanol–water partition coefficient (Wildman–Crippen LogP) is 1.94. The Bertz CT molecular complexity index is 428. The van der Waals surface area contributed by atoms with Crippen molar-refractivity contribution < 1.29 is 4.74 Å². The summed E-state index contributed by atoms with van der Waals surface area (Å²) in [6.45, 7) is 9.77. The van der Waals surface area contributed by atoms with Crippen LogP contribution in [-0.4, -0.2) is 56.7 Å². The molecule has 1 aliphatic heterocycles. The van der Waals surface area contributed by atoms with Crippen molar-refractivity contribution in [3.05, 3.63) is 29.3 Å². The molecule has 1 aliphatic rings. The summed E-state index contributed by atoms with van der Waals surface area (Å²) in [5, 5.41) is 3.46.